The number of benzene rings is 1. The molecule has 0 radical (unpaired) electrons. The highest BCUT2D eigenvalue weighted by Crippen LogP contribution is 2.20. The fraction of sp³-hybridized carbons (Fsp3) is 0.533. The largest absolute Gasteiger partial charge is 0.481 e. The van der Waals surface area contributed by atoms with Crippen LogP contribution in [0.4, 0.5) is 0 Å². The molecule has 0 bridgehead atoms. The number of nitrogens with one attached hydrogen (secondary N) is 1. The third-order valence-electron chi connectivity index (χ3n) is 3.00. The molecular weight excluding hydrogens is 226 g/mol. The van der Waals surface area contributed by atoms with Crippen molar-refractivity contribution in [2.45, 2.75) is 53.2 Å². The van der Waals surface area contributed by atoms with Gasteiger partial charge in [0, 0.05) is 6.04 Å². The molecule has 1 rings (SSSR count). The van der Waals surface area contributed by atoms with Crippen LogP contribution in [-0.4, -0.2) is 18.1 Å². The Morgan fingerprint density at radius 1 is 1.33 bits per heavy atom. The second-order valence-electron chi connectivity index (χ2n) is 4.85. The van der Waals surface area contributed by atoms with E-state index < -0.39 is 6.10 Å². The van der Waals surface area contributed by atoms with Gasteiger partial charge in [0.05, 0.1) is 0 Å². The van der Waals surface area contributed by atoms with Gasteiger partial charge in [-0.25, -0.2) is 0 Å². The SMILES string of the molecule is CC[C@H](C)NC(=O)[C@@H](C)Oc1ccc(C)cc1C. The molecule has 0 aliphatic carbocycles. The Bertz CT molecular complexity index is 415. The summed E-state index contributed by atoms with van der Waals surface area (Å²) in [6.07, 6.45) is 0.447. The number of hydrogen-bond donors (Lipinski definition) is 1. The quantitative estimate of drug-likeness (QED) is 0.871. The number of rotatable bonds is 5. The molecule has 0 aliphatic heterocycles. The van der Waals surface area contributed by atoms with E-state index >= 15 is 0 Å². The monoisotopic (exact) mass is 249 g/mol. The van der Waals surface area contributed by atoms with Gasteiger partial charge >= 0.3 is 0 Å². The van der Waals surface area contributed by atoms with Crippen LogP contribution in [-0.2, 0) is 4.79 Å². The molecule has 0 fully saturated rings. The Morgan fingerprint density at radius 2 is 2.00 bits per heavy atom. The number of aryl methyl sites for hydroxylation is 2. The first-order valence-electron chi connectivity index (χ1n) is 6.48. The molecule has 100 valence electrons. The molecule has 3 heteroatoms. The minimum Gasteiger partial charge on any atom is -0.481 e. The molecule has 1 amide bonds. The predicted octanol–water partition coefficient (Wildman–Crippen LogP) is 2.99. The van der Waals surface area contributed by atoms with Crippen molar-refractivity contribution >= 4 is 5.91 Å². The number of hydrogen-bond acceptors (Lipinski definition) is 2. The van der Waals surface area contributed by atoms with Crippen molar-refractivity contribution in [3.05, 3.63) is 29.3 Å². The van der Waals surface area contributed by atoms with Crippen LogP contribution in [0.5, 0.6) is 5.75 Å². The van der Waals surface area contributed by atoms with Gasteiger partial charge in [-0.15, -0.1) is 0 Å². The van der Waals surface area contributed by atoms with Crippen LogP contribution in [0.1, 0.15) is 38.3 Å². The Hall–Kier alpha value is -1.51. The molecule has 2 atom stereocenters. The van der Waals surface area contributed by atoms with Crippen LogP contribution in [0.3, 0.4) is 0 Å². The van der Waals surface area contributed by atoms with E-state index in [0.717, 1.165) is 17.7 Å². The van der Waals surface area contributed by atoms with Gasteiger partial charge < -0.3 is 10.1 Å². The summed E-state index contributed by atoms with van der Waals surface area (Å²) < 4.78 is 5.70. The van der Waals surface area contributed by atoms with E-state index in [4.69, 9.17) is 4.74 Å². The van der Waals surface area contributed by atoms with Gasteiger partial charge in [0.2, 0.25) is 0 Å². The Morgan fingerprint density at radius 3 is 2.56 bits per heavy atom. The topological polar surface area (TPSA) is 38.3 Å². The van der Waals surface area contributed by atoms with Crippen molar-refractivity contribution in [3.8, 4) is 5.75 Å². The van der Waals surface area contributed by atoms with Crippen LogP contribution in [0.25, 0.3) is 0 Å². The van der Waals surface area contributed by atoms with Gasteiger partial charge in [0.25, 0.3) is 5.91 Å². The van der Waals surface area contributed by atoms with E-state index in [9.17, 15) is 4.79 Å². The second kappa shape index (κ2) is 6.43. The van der Waals surface area contributed by atoms with E-state index in [1.807, 2.05) is 39.8 Å². The van der Waals surface area contributed by atoms with Crippen molar-refractivity contribution in [2.24, 2.45) is 0 Å². The maximum absolute atomic E-state index is 11.9. The third-order valence-corrected chi connectivity index (χ3v) is 3.00. The zero-order valence-corrected chi connectivity index (χ0v) is 11.9. The van der Waals surface area contributed by atoms with E-state index in [-0.39, 0.29) is 11.9 Å². The van der Waals surface area contributed by atoms with Gasteiger partial charge in [-0.2, -0.15) is 0 Å². The van der Waals surface area contributed by atoms with Crippen LogP contribution in [0.2, 0.25) is 0 Å². The molecule has 0 saturated heterocycles. The molecule has 3 nitrogen and oxygen atoms in total. The normalized spacial score (nSPS) is 13.8. The molecule has 1 aromatic carbocycles. The first kappa shape index (κ1) is 14.6. The lowest BCUT2D eigenvalue weighted by molar-refractivity contribution is -0.127. The van der Waals surface area contributed by atoms with Crippen LogP contribution < -0.4 is 10.1 Å². The maximum atomic E-state index is 11.9. The molecule has 0 unspecified atom stereocenters. The zero-order chi connectivity index (χ0) is 13.7. The van der Waals surface area contributed by atoms with Crippen LogP contribution in [0, 0.1) is 13.8 Å². The van der Waals surface area contributed by atoms with Gasteiger partial charge in [-0.3, -0.25) is 4.79 Å². The van der Waals surface area contributed by atoms with E-state index in [1.165, 1.54) is 5.56 Å². The highest BCUT2D eigenvalue weighted by Gasteiger charge is 2.16. The molecule has 0 aliphatic rings. The van der Waals surface area contributed by atoms with Crippen molar-refractivity contribution in [1.82, 2.24) is 5.32 Å². The lowest BCUT2D eigenvalue weighted by Gasteiger charge is -2.18. The Labute approximate surface area is 110 Å². The summed E-state index contributed by atoms with van der Waals surface area (Å²) in [4.78, 5) is 11.9. The average Bonchev–Trinajstić information content (AvgIpc) is 2.32. The highest BCUT2D eigenvalue weighted by atomic mass is 16.5. The van der Waals surface area contributed by atoms with Crippen molar-refractivity contribution in [2.75, 3.05) is 0 Å². The van der Waals surface area contributed by atoms with E-state index in [1.54, 1.807) is 6.92 Å². The van der Waals surface area contributed by atoms with Gasteiger partial charge in [-0.1, -0.05) is 24.6 Å². The fourth-order valence-corrected chi connectivity index (χ4v) is 1.64. The molecule has 1 aromatic rings. The minimum absolute atomic E-state index is 0.0654. The summed E-state index contributed by atoms with van der Waals surface area (Å²) in [5.74, 6) is 0.705. The summed E-state index contributed by atoms with van der Waals surface area (Å²) >= 11 is 0. The first-order chi connectivity index (χ1) is 8.43. The molecule has 1 N–H and O–H groups in total. The standard InChI is InChI=1S/C15H23NO2/c1-6-12(4)16-15(17)13(5)18-14-8-7-10(2)9-11(14)3/h7-9,12-13H,6H2,1-5H3,(H,16,17)/t12-,13+/m0/s1. The molecule has 0 spiro atoms. The number of ether oxygens (including phenoxy) is 1. The Kier molecular flexibility index (Phi) is 5.20. The number of carbonyl (C=O) groups excluding carboxylic acids is 1. The van der Waals surface area contributed by atoms with Gasteiger partial charge in [0.15, 0.2) is 6.10 Å². The lowest BCUT2D eigenvalue weighted by atomic mass is 10.1. The fourth-order valence-electron chi connectivity index (χ4n) is 1.64. The van der Waals surface area contributed by atoms with Crippen LogP contribution >= 0.6 is 0 Å². The Balaban J connectivity index is 2.63. The van der Waals surface area contributed by atoms with Crippen molar-refractivity contribution in [3.63, 3.8) is 0 Å². The van der Waals surface area contributed by atoms with Gasteiger partial charge in [0.1, 0.15) is 5.75 Å². The molecular formula is C15H23NO2. The van der Waals surface area contributed by atoms with Crippen LogP contribution in [0.15, 0.2) is 18.2 Å². The third kappa shape index (κ3) is 4.06. The molecule has 0 aromatic heterocycles. The molecule has 18 heavy (non-hydrogen) atoms. The highest BCUT2D eigenvalue weighted by molar-refractivity contribution is 5.81. The predicted molar refractivity (Wildman–Crippen MR) is 73.9 cm³/mol. The molecule has 0 saturated carbocycles. The molecule has 0 heterocycles. The zero-order valence-electron chi connectivity index (χ0n) is 11.9. The van der Waals surface area contributed by atoms with E-state index in [2.05, 4.69) is 11.4 Å². The average molecular weight is 249 g/mol. The first-order valence-corrected chi connectivity index (χ1v) is 6.48. The summed E-state index contributed by atoms with van der Waals surface area (Å²) in [7, 11) is 0. The summed E-state index contributed by atoms with van der Waals surface area (Å²) in [6.45, 7) is 9.83. The second-order valence-corrected chi connectivity index (χ2v) is 4.85. The summed E-state index contributed by atoms with van der Waals surface area (Å²) in [6, 6.07) is 6.14. The van der Waals surface area contributed by atoms with Crippen molar-refractivity contribution in [1.29, 1.82) is 0 Å². The maximum Gasteiger partial charge on any atom is 0.260 e. The van der Waals surface area contributed by atoms with Gasteiger partial charge in [-0.05, 0) is 45.7 Å². The summed E-state index contributed by atoms with van der Waals surface area (Å²) in [5.41, 5.74) is 2.25. The van der Waals surface area contributed by atoms with E-state index in [0.29, 0.717) is 0 Å². The lowest BCUT2D eigenvalue weighted by Crippen LogP contribution is -2.41. The summed E-state index contributed by atoms with van der Waals surface area (Å²) in [5, 5.41) is 2.92. The minimum atomic E-state index is -0.472. The number of carbonyl (C=O) groups is 1. The van der Waals surface area contributed by atoms with Crippen molar-refractivity contribution < 1.29 is 9.53 Å². The number of amides is 1. The smallest absolute Gasteiger partial charge is 0.260 e.